The third-order valence-corrected chi connectivity index (χ3v) is 7.23. The molecule has 0 spiro atoms. The maximum atomic E-state index is 12.1. The SMILES string of the molecule is CCNC(=NCc1ccc(CS(=O)(=O)NC(C)C)cc1)N1CC(C)(C)C1(C)C.I. The molecule has 0 saturated carbocycles. The number of likely N-dealkylation sites (tertiary alicyclic amines) is 1. The smallest absolute Gasteiger partial charge is 0.216 e. The molecule has 0 aromatic heterocycles. The van der Waals surface area contributed by atoms with Crippen molar-refractivity contribution in [1.29, 1.82) is 0 Å². The Bertz CT molecular complexity index is 802. The monoisotopic (exact) mass is 536 g/mol. The lowest BCUT2D eigenvalue weighted by molar-refractivity contribution is -0.0667. The highest BCUT2D eigenvalue weighted by Crippen LogP contribution is 2.46. The van der Waals surface area contributed by atoms with Crippen LogP contribution in [0, 0.1) is 5.41 Å². The average molecular weight is 537 g/mol. The third-order valence-electron chi connectivity index (χ3n) is 5.68. The van der Waals surface area contributed by atoms with Crippen LogP contribution < -0.4 is 10.0 Å². The summed E-state index contributed by atoms with van der Waals surface area (Å²) in [6.07, 6.45) is 0. The van der Waals surface area contributed by atoms with Gasteiger partial charge in [0.05, 0.1) is 12.3 Å². The van der Waals surface area contributed by atoms with E-state index < -0.39 is 10.0 Å². The fourth-order valence-corrected chi connectivity index (χ4v) is 4.76. The highest BCUT2D eigenvalue weighted by Gasteiger charge is 2.53. The van der Waals surface area contributed by atoms with E-state index >= 15 is 0 Å². The first-order chi connectivity index (χ1) is 12.9. The van der Waals surface area contributed by atoms with Gasteiger partial charge in [0.25, 0.3) is 0 Å². The molecule has 1 fully saturated rings. The number of aliphatic imine (C=N–C) groups is 1. The summed E-state index contributed by atoms with van der Waals surface area (Å²) < 4.78 is 26.7. The summed E-state index contributed by atoms with van der Waals surface area (Å²) >= 11 is 0. The van der Waals surface area contributed by atoms with Crippen LogP contribution in [-0.4, -0.2) is 43.9 Å². The Balaban J connectivity index is 0.00000420. The van der Waals surface area contributed by atoms with E-state index in [-0.39, 0.29) is 46.7 Å². The molecule has 29 heavy (non-hydrogen) atoms. The molecule has 0 bridgehead atoms. The number of nitrogens with one attached hydrogen (secondary N) is 2. The van der Waals surface area contributed by atoms with Crippen LogP contribution in [0.4, 0.5) is 0 Å². The van der Waals surface area contributed by atoms with Crippen molar-refractivity contribution in [2.45, 2.75) is 72.3 Å². The second kappa shape index (κ2) is 9.96. The molecule has 1 aliphatic heterocycles. The van der Waals surface area contributed by atoms with Gasteiger partial charge in [0.15, 0.2) is 5.96 Å². The van der Waals surface area contributed by atoms with Crippen molar-refractivity contribution in [3.8, 4) is 0 Å². The van der Waals surface area contributed by atoms with Gasteiger partial charge in [-0.1, -0.05) is 38.1 Å². The lowest BCUT2D eigenvalue weighted by Crippen LogP contribution is -2.72. The predicted molar refractivity (Wildman–Crippen MR) is 132 cm³/mol. The van der Waals surface area contributed by atoms with Crippen LogP contribution in [0.3, 0.4) is 0 Å². The van der Waals surface area contributed by atoms with E-state index in [4.69, 9.17) is 4.99 Å². The summed E-state index contributed by atoms with van der Waals surface area (Å²) in [4.78, 5) is 7.14. The molecule has 2 rings (SSSR count). The zero-order valence-corrected chi connectivity index (χ0v) is 21.9. The number of hydrogen-bond acceptors (Lipinski definition) is 3. The van der Waals surface area contributed by atoms with Crippen LogP contribution in [0.25, 0.3) is 0 Å². The molecule has 1 aromatic rings. The van der Waals surface area contributed by atoms with Crippen molar-refractivity contribution in [2.24, 2.45) is 10.4 Å². The minimum absolute atomic E-state index is 0. The average Bonchev–Trinajstić information content (AvgIpc) is 2.56. The van der Waals surface area contributed by atoms with E-state index in [0.717, 1.165) is 30.2 Å². The number of hydrogen-bond donors (Lipinski definition) is 2. The number of sulfonamides is 1. The van der Waals surface area contributed by atoms with Gasteiger partial charge in [0.2, 0.25) is 10.0 Å². The van der Waals surface area contributed by atoms with Crippen molar-refractivity contribution in [3.05, 3.63) is 35.4 Å². The van der Waals surface area contributed by atoms with Crippen LogP contribution in [0.15, 0.2) is 29.3 Å². The zero-order chi connectivity index (χ0) is 21.2. The highest BCUT2D eigenvalue weighted by atomic mass is 127. The van der Waals surface area contributed by atoms with Gasteiger partial charge in [-0.25, -0.2) is 18.1 Å². The maximum Gasteiger partial charge on any atom is 0.216 e. The molecule has 0 radical (unpaired) electrons. The van der Waals surface area contributed by atoms with Crippen molar-refractivity contribution < 1.29 is 8.42 Å². The summed E-state index contributed by atoms with van der Waals surface area (Å²) in [7, 11) is -3.31. The molecule has 166 valence electrons. The van der Waals surface area contributed by atoms with Crippen LogP contribution in [0.2, 0.25) is 0 Å². The molecular weight excluding hydrogens is 499 g/mol. The standard InChI is InChI=1S/C21H36N4O2S.HI/c1-8-22-19(25-15-20(4,5)21(25,6)7)23-13-17-9-11-18(12-10-17)14-28(26,27)24-16(2)3;/h9-12,16,24H,8,13-15H2,1-7H3,(H,22,23);1H. The molecular formula is C21H37IN4O2S. The molecule has 0 amide bonds. The van der Waals surface area contributed by atoms with E-state index in [0.29, 0.717) is 6.54 Å². The van der Waals surface area contributed by atoms with E-state index in [2.05, 4.69) is 49.6 Å². The van der Waals surface area contributed by atoms with Gasteiger partial charge in [-0.3, -0.25) is 0 Å². The van der Waals surface area contributed by atoms with Gasteiger partial charge in [0.1, 0.15) is 0 Å². The second-order valence-corrected chi connectivity index (χ2v) is 10.8. The molecule has 1 saturated heterocycles. The van der Waals surface area contributed by atoms with Gasteiger partial charge in [-0.05, 0) is 45.7 Å². The first-order valence-corrected chi connectivity index (χ1v) is 11.7. The highest BCUT2D eigenvalue weighted by molar-refractivity contribution is 14.0. The number of benzene rings is 1. The van der Waals surface area contributed by atoms with Gasteiger partial charge in [-0.15, -0.1) is 24.0 Å². The fraction of sp³-hybridized carbons (Fsp3) is 0.667. The minimum Gasteiger partial charge on any atom is -0.356 e. The molecule has 2 N–H and O–H groups in total. The molecule has 1 heterocycles. The molecule has 0 unspecified atom stereocenters. The van der Waals surface area contributed by atoms with Crippen LogP contribution in [0.5, 0.6) is 0 Å². The summed E-state index contributed by atoms with van der Waals surface area (Å²) in [6.45, 7) is 17.2. The largest absolute Gasteiger partial charge is 0.356 e. The molecule has 1 aromatic carbocycles. The maximum absolute atomic E-state index is 12.1. The summed E-state index contributed by atoms with van der Waals surface area (Å²) in [5.41, 5.74) is 2.14. The Labute approximate surface area is 194 Å². The van der Waals surface area contributed by atoms with Crippen LogP contribution >= 0.6 is 24.0 Å². The van der Waals surface area contributed by atoms with Crippen molar-refractivity contribution in [2.75, 3.05) is 13.1 Å². The number of guanidine groups is 1. The van der Waals surface area contributed by atoms with Crippen molar-refractivity contribution in [1.82, 2.24) is 14.9 Å². The Morgan fingerprint density at radius 3 is 2.14 bits per heavy atom. The summed E-state index contributed by atoms with van der Waals surface area (Å²) in [5.74, 6) is 0.925. The molecule has 8 heteroatoms. The van der Waals surface area contributed by atoms with Gasteiger partial charge >= 0.3 is 0 Å². The Hall–Kier alpha value is -0.870. The Kier molecular flexibility index (Phi) is 8.98. The van der Waals surface area contributed by atoms with Crippen molar-refractivity contribution >= 4 is 40.0 Å². The van der Waals surface area contributed by atoms with Crippen LogP contribution in [0.1, 0.15) is 59.6 Å². The van der Waals surface area contributed by atoms with E-state index in [1.807, 2.05) is 38.1 Å². The normalized spacial score (nSPS) is 18.2. The Morgan fingerprint density at radius 2 is 1.69 bits per heavy atom. The topological polar surface area (TPSA) is 73.8 Å². The lowest BCUT2D eigenvalue weighted by atomic mass is 9.65. The van der Waals surface area contributed by atoms with E-state index in [1.54, 1.807) is 0 Å². The third kappa shape index (κ3) is 6.55. The quantitative estimate of drug-likeness (QED) is 0.317. The first-order valence-electron chi connectivity index (χ1n) is 10.0. The Morgan fingerprint density at radius 1 is 1.14 bits per heavy atom. The molecule has 0 aliphatic carbocycles. The number of rotatable bonds is 7. The van der Waals surface area contributed by atoms with Gasteiger partial charge < -0.3 is 10.2 Å². The molecule has 1 aliphatic rings. The van der Waals surface area contributed by atoms with Gasteiger partial charge in [0, 0.05) is 30.1 Å². The summed E-state index contributed by atoms with van der Waals surface area (Å²) in [5, 5.41) is 3.40. The van der Waals surface area contributed by atoms with E-state index in [9.17, 15) is 8.42 Å². The van der Waals surface area contributed by atoms with Crippen LogP contribution in [-0.2, 0) is 22.3 Å². The molecule has 0 atom stereocenters. The van der Waals surface area contributed by atoms with Crippen molar-refractivity contribution in [3.63, 3.8) is 0 Å². The number of halogens is 1. The predicted octanol–water partition coefficient (Wildman–Crippen LogP) is 3.72. The first kappa shape index (κ1) is 26.2. The fourth-order valence-electron chi connectivity index (χ4n) is 3.32. The lowest BCUT2D eigenvalue weighted by Gasteiger charge is -2.62. The van der Waals surface area contributed by atoms with E-state index in [1.165, 1.54) is 0 Å². The number of nitrogens with zero attached hydrogens (tertiary/aromatic N) is 2. The minimum atomic E-state index is -3.31. The summed E-state index contributed by atoms with van der Waals surface area (Å²) in [6, 6.07) is 7.55. The zero-order valence-electron chi connectivity index (χ0n) is 18.7. The van der Waals surface area contributed by atoms with Gasteiger partial charge in [-0.2, -0.15) is 0 Å². The second-order valence-electron chi connectivity index (χ2n) is 9.05. The molecule has 6 nitrogen and oxygen atoms in total.